The van der Waals surface area contributed by atoms with Crippen molar-refractivity contribution in [3.05, 3.63) is 0 Å². The van der Waals surface area contributed by atoms with Gasteiger partial charge < -0.3 is 10.5 Å². The molecule has 0 spiro atoms. The summed E-state index contributed by atoms with van der Waals surface area (Å²) >= 11 is 0. The minimum absolute atomic E-state index is 0.0495. The van der Waals surface area contributed by atoms with E-state index in [9.17, 15) is 4.79 Å². The van der Waals surface area contributed by atoms with E-state index in [2.05, 4.69) is 0 Å². The zero-order valence-electron chi connectivity index (χ0n) is 7.52. The first-order chi connectivity index (χ1) is 5.02. The highest BCUT2D eigenvalue weighted by atomic mass is 16.5. The Morgan fingerprint density at radius 3 is 2.45 bits per heavy atom. The van der Waals surface area contributed by atoms with E-state index in [1.165, 1.54) is 0 Å². The lowest BCUT2D eigenvalue weighted by atomic mass is 10.1. The molecular formula is C8H17NO2. The summed E-state index contributed by atoms with van der Waals surface area (Å²) < 4.78 is 5.30. The van der Waals surface area contributed by atoms with E-state index in [0.29, 0.717) is 0 Å². The third kappa shape index (κ3) is 4.93. The van der Waals surface area contributed by atoms with Gasteiger partial charge in [-0.05, 0) is 20.3 Å². The van der Waals surface area contributed by atoms with Crippen molar-refractivity contribution < 1.29 is 9.53 Å². The Morgan fingerprint density at radius 1 is 1.55 bits per heavy atom. The van der Waals surface area contributed by atoms with Crippen molar-refractivity contribution in [1.82, 2.24) is 0 Å². The highest BCUT2D eigenvalue weighted by Crippen LogP contribution is 2.12. The maximum atomic E-state index is 10.7. The van der Waals surface area contributed by atoms with Crippen molar-refractivity contribution in [2.24, 2.45) is 5.73 Å². The van der Waals surface area contributed by atoms with E-state index >= 15 is 0 Å². The first-order valence-electron chi connectivity index (χ1n) is 3.87. The van der Waals surface area contributed by atoms with Crippen LogP contribution in [0.5, 0.6) is 0 Å². The van der Waals surface area contributed by atoms with Crippen LogP contribution in [0.3, 0.4) is 0 Å². The van der Waals surface area contributed by atoms with Crippen LogP contribution < -0.4 is 5.73 Å². The molecule has 11 heavy (non-hydrogen) atoms. The zero-order chi connectivity index (χ0) is 8.91. The number of carbonyl (C=O) groups excluding carboxylic acids is 1. The van der Waals surface area contributed by atoms with Crippen LogP contribution in [0, 0.1) is 0 Å². The molecule has 0 aliphatic carbocycles. The molecule has 0 saturated heterocycles. The summed E-state index contributed by atoms with van der Waals surface area (Å²) in [6, 6.07) is 0. The molecule has 3 nitrogen and oxygen atoms in total. The van der Waals surface area contributed by atoms with Gasteiger partial charge in [0, 0.05) is 0 Å². The van der Waals surface area contributed by atoms with Gasteiger partial charge in [-0.25, -0.2) is 0 Å². The second-order valence-electron chi connectivity index (χ2n) is 3.14. The second-order valence-corrected chi connectivity index (χ2v) is 3.14. The monoisotopic (exact) mass is 159 g/mol. The number of ether oxygens (including phenoxy) is 1. The standard InChI is InChI=1S/C8H17NO2/c1-4-8(2,3)11-6-7(10)5-9/h4-6,9H2,1-3H3. The number of Topliss-reactive ketones (excluding diaryl/α,β-unsaturated/α-hetero) is 1. The molecule has 0 aliphatic rings. The Balaban J connectivity index is 3.61. The van der Waals surface area contributed by atoms with Crippen molar-refractivity contribution in [3.8, 4) is 0 Å². The molecule has 66 valence electrons. The number of ketones is 1. The lowest BCUT2D eigenvalue weighted by molar-refractivity contribution is -0.128. The Bertz CT molecular complexity index is 132. The van der Waals surface area contributed by atoms with Gasteiger partial charge in [-0.3, -0.25) is 4.79 Å². The second kappa shape index (κ2) is 4.46. The van der Waals surface area contributed by atoms with Gasteiger partial charge in [0.05, 0.1) is 12.1 Å². The van der Waals surface area contributed by atoms with Crippen molar-refractivity contribution >= 4 is 5.78 Å². The van der Waals surface area contributed by atoms with Gasteiger partial charge in [0.1, 0.15) is 6.61 Å². The maximum absolute atomic E-state index is 10.7. The summed E-state index contributed by atoms with van der Waals surface area (Å²) in [5, 5.41) is 0. The van der Waals surface area contributed by atoms with Crippen molar-refractivity contribution in [3.63, 3.8) is 0 Å². The maximum Gasteiger partial charge on any atom is 0.171 e. The van der Waals surface area contributed by atoms with Crippen LogP contribution in [-0.4, -0.2) is 24.5 Å². The van der Waals surface area contributed by atoms with Crippen LogP contribution in [0.25, 0.3) is 0 Å². The minimum Gasteiger partial charge on any atom is -0.368 e. The van der Waals surface area contributed by atoms with E-state index in [1.807, 2.05) is 20.8 Å². The number of rotatable bonds is 5. The van der Waals surface area contributed by atoms with Gasteiger partial charge in [0.2, 0.25) is 0 Å². The van der Waals surface area contributed by atoms with E-state index < -0.39 is 0 Å². The van der Waals surface area contributed by atoms with E-state index in [4.69, 9.17) is 10.5 Å². The van der Waals surface area contributed by atoms with Crippen LogP contribution in [-0.2, 0) is 9.53 Å². The molecule has 0 aromatic heterocycles. The Labute approximate surface area is 67.9 Å². The highest BCUT2D eigenvalue weighted by molar-refractivity contribution is 5.81. The van der Waals surface area contributed by atoms with Gasteiger partial charge in [0.25, 0.3) is 0 Å². The molecular weight excluding hydrogens is 142 g/mol. The lowest BCUT2D eigenvalue weighted by Crippen LogP contribution is -2.29. The molecule has 0 saturated carbocycles. The smallest absolute Gasteiger partial charge is 0.171 e. The topological polar surface area (TPSA) is 52.3 Å². The summed E-state index contributed by atoms with van der Waals surface area (Å²) in [6.45, 7) is 6.14. The number of hydrogen-bond donors (Lipinski definition) is 1. The van der Waals surface area contributed by atoms with Crippen molar-refractivity contribution in [2.45, 2.75) is 32.8 Å². The fourth-order valence-corrected chi connectivity index (χ4v) is 0.437. The summed E-state index contributed by atoms with van der Waals surface area (Å²) in [7, 11) is 0. The van der Waals surface area contributed by atoms with Crippen LogP contribution in [0.1, 0.15) is 27.2 Å². The molecule has 0 fully saturated rings. The molecule has 0 rings (SSSR count). The predicted molar refractivity (Wildman–Crippen MR) is 44.4 cm³/mol. The van der Waals surface area contributed by atoms with Gasteiger partial charge in [-0.1, -0.05) is 6.92 Å². The van der Waals surface area contributed by atoms with Crippen LogP contribution in [0.4, 0.5) is 0 Å². The Kier molecular flexibility index (Phi) is 4.30. The van der Waals surface area contributed by atoms with E-state index in [-0.39, 0.29) is 24.5 Å². The number of nitrogens with two attached hydrogens (primary N) is 1. The molecule has 0 amide bonds. The zero-order valence-corrected chi connectivity index (χ0v) is 7.52. The molecule has 0 heterocycles. The van der Waals surface area contributed by atoms with E-state index in [1.54, 1.807) is 0 Å². The molecule has 0 aromatic rings. The average Bonchev–Trinajstić information content (AvgIpc) is 2.00. The third-order valence-corrected chi connectivity index (χ3v) is 1.70. The molecule has 2 N–H and O–H groups in total. The van der Waals surface area contributed by atoms with Gasteiger partial charge in [-0.2, -0.15) is 0 Å². The molecule has 0 unspecified atom stereocenters. The molecule has 0 atom stereocenters. The fourth-order valence-electron chi connectivity index (χ4n) is 0.437. The average molecular weight is 159 g/mol. The lowest BCUT2D eigenvalue weighted by Gasteiger charge is -2.22. The largest absolute Gasteiger partial charge is 0.368 e. The Morgan fingerprint density at radius 2 is 2.09 bits per heavy atom. The molecule has 3 heteroatoms. The quantitative estimate of drug-likeness (QED) is 0.643. The van der Waals surface area contributed by atoms with Crippen molar-refractivity contribution in [1.29, 1.82) is 0 Å². The third-order valence-electron chi connectivity index (χ3n) is 1.70. The molecule has 0 bridgehead atoms. The summed E-state index contributed by atoms with van der Waals surface area (Å²) in [5.74, 6) is -0.0495. The van der Waals surface area contributed by atoms with Crippen LogP contribution in [0.2, 0.25) is 0 Å². The number of hydrogen-bond acceptors (Lipinski definition) is 3. The van der Waals surface area contributed by atoms with Crippen molar-refractivity contribution in [2.75, 3.05) is 13.2 Å². The highest BCUT2D eigenvalue weighted by Gasteiger charge is 2.16. The minimum atomic E-state index is -0.204. The first-order valence-corrected chi connectivity index (χ1v) is 3.87. The Hall–Kier alpha value is -0.410. The predicted octanol–water partition coefficient (Wildman–Crippen LogP) is 0.719. The molecule has 0 aliphatic heterocycles. The molecule has 0 aromatic carbocycles. The normalized spacial score (nSPS) is 11.6. The summed E-state index contributed by atoms with van der Waals surface area (Å²) in [4.78, 5) is 10.7. The van der Waals surface area contributed by atoms with Gasteiger partial charge >= 0.3 is 0 Å². The number of carbonyl (C=O) groups is 1. The van der Waals surface area contributed by atoms with Gasteiger partial charge in [-0.15, -0.1) is 0 Å². The van der Waals surface area contributed by atoms with Crippen LogP contribution in [0.15, 0.2) is 0 Å². The fraction of sp³-hybridized carbons (Fsp3) is 0.875. The molecule has 0 radical (unpaired) electrons. The first kappa shape index (κ1) is 10.6. The SMILES string of the molecule is CCC(C)(C)OCC(=O)CN. The van der Waals surface area contributed by atoms with Crippen LogP contribution >= 0.6 is 0 Å². The summed E-state index contributed by atoms with van der Waals surface area (Å²) in [6.07, 6.45) is 0.894. The van der Waals surface area contributed by atoms with Gasteiger partial charge in [0.15, 0.2) is 5.78 Å². The summed E-state index contributed by atoms with van der Waals surface area (Å²) in [5.41, 5.74) is 4.91. The van der Waals surface area contributed by atoms with E-state index in [0.717, 1.165) is 6.42 Å².